The third-order valence-electron chi connectivity index (χ3n) is 5.08. The second-order valence-electron chi connectivity index (χ2n) is 7.53. The average Bonchev–Trinajstić information content (AvgIpc) is 2.84. The topological polar surface area (TPSA) is 117 Å². The fraction of sp³-hybridized carbons (Fsp3) is 0.160. The average molecular weight is 478 g/mol. The van der Waals surface area contributed by atoms with E-state index in [-0.39, 0.29) is 16.0 Å². The van der Waals surface area contributed by atoms with Gasteiger partial charge in [-0.25, -0.2) is 13.2 Å². The molecule has 0 fully saturated rings. The molecule has 0 aliphatic rings. The van der Waals surface area contributed by atoms with Gasteiger partial charge in [-0.3, -0.25) is 9.10 Å². The van der Waals surface area contributed by atoms with Crippen LogP contribution in [0.25, 0.3) is 0 Å². The van der Waals surface area contributed by atoms with Gasteiger partial charge in [-0.15, -0.1) is 0 Å². The number of carbonyl (C=O) groups excluding carboxylic acids is 2. The van der Waals surface area contributed by atoms with Crippen molar-refractivity contribution < 1.29 is 22.7 Å². The van der Waals surface area contributed by atoms with Crippen LogP contribution in [0, 0.1) is 18.3 Å². The van der Waals surface area contributed by atoms with Crippen molar-refractivity contribution in [2.45, 2.75) is 24.8 Å². The molecule has 3 rings (SSSR count). The first-order chi connectivity index (χ1) is 16.1. The number of hydrogen-bond acceptors (Lipinski definition) is 6. The van der Waals surface area contributed by atoms with Crippen molar-refractivity contribution >= 4 is 33.3 Å². The summed E-state index contributed by atoms with van der Waals surface area (Å²) < 4.78 is 32.5. The minimum atomic E-state index is -3.94. The predicted molar refractivity (Wildman–Crippen MR) is 128 cm³/mol. The van der Waals surface area contributed by atoms with E-state index in [4.69, 9.17) is 10.00 Å². The van der Waals surface area contributed by atoms with E-state index in [0.29, 0.717) is 11.4 Å². The highest BCUT2D eigenvalue weighted by Crippen LogP contribution is 2.23. The van der Waals surface area contributed by atoms with Gasteiger partial charge in [0.1, 0.15) is 6.07 Å². The summed E-state index contributed by atoms with van der Waals surface area (Å²) in [6.07, 6.45) is -1.19. The monoisotopic (exact) mass is 477 g/mol. The van der Waals surface area contributed by atoms with E-state index in [1.165, 1.54) is 38.2 Å². The summed E-state index contributed by atoms with van der Waals surface area (Å²) in [5.41, 5.74) is 2.01. The Balaban J connectivity index is 1.74. The van der Waals surface area contributed by atoms with Gasteiger partial charge in [-0.2, -0.15) is 5.26 Å². The van der Waals surface area contributed by atoms with Gasteiger partial charge in [-0.05, 0) is 56.3 Å². The molecule has 0 aromatic heterocycles. The van der Waals surface area contributed by atoms with Gasteiger partial charge in [0, 0.05) is 7.05 Å². The maximum absolute atomic E-state index is 13.1. The summed E-state index contributed by atoms with van der Waals surface area (Å²) in [5.74, 6) is -1.48. The quantitative estimate of drug-likeness (QED) is 0.516. The number of nitrogens with zero attached hydrogens (tertiary/aromatic N) is 2. The highest BCUT2D eigenvalue weighted by Gasteiger charge is 2.24. The lowest BCUT2D eigenvalue weighted by molar-refractivity contribution is -0.123. The second-order valence-corrected chi connectivity index (χ2v) is 9.50. The molecule has 9 heteroatoms. The molecule has 0 aliphatic heterocycles. The van der Waals surface area contributed by atoms with E-state index in [1.807, 2.05) is 13.0 Å². The van der Waals surface area contributed by atoms with Crippen LogP contribution in [0.3, 0.4) is 0 Å². The molecule has 1 N–H and O–H groups in total. The molecular formula is C25H23N3O5S. The molecule has 8 nitrogen and oxygen atoms in total. The Kier molecular flexibility index (Phi) is 7.34. The van der Waals surface area contributed by atoms with Crippen molar-refractivity contribution in [1.29, 1.82) is 5.26 Å². The van der Waals surface area contributed by atoms with Crippen molar-refractivity contribution in [3.05, 3.63) is 89.5 Å². The minimum Gasteiger partial charge on any atom is -0.449 e. The van der Waals surface area contributed by atoms with Crippen LogP contribution in [0.2, 0.25) is 0 Å². The van der Waals surface area contributed by atoms with Crippen molar-refractivity contribution in [2.75, 3.05) is 16.7 Å². The van der Waals surface area contributed by atoms with Crippen LogP contribution < -0.4 is 9.62 Å². The number of aryl methyl sites for hydroxylation is 1. The maximum atomic E-state index is 13.1. The van der Waals surface area contributed by atoms with Crippen molar-refractivity contribution in [3.63, 3.8) is 0 Å². The summed E-state index contributed by atoms with van der Waals surface area (Å²) in [6, 6.07) is 20.8. The van der Waals surface area contributed by atoms with Gasteiger partial charge in [0.2, 0.25) is 0 Å². The number of amides is 1. The summed E-state index contributed by atoms with van der Waals surface area (Å²) in [4.78, 5) is 25.0. The Morgan fingerprint density at radius 1 is 1.03 bits per heavy atom. The van der Waals surface area contributed by atoms with Crippen LogP contribution in [-0.2, 0) is 19.6 Å². The Labute approximate surface area is 198 Å². The number of anilines is 2. The van der Waals surface area contributed by atoms with Crippen molar-refractivity contribution in [3.8, 4) is 6.07 Å². The van der Waals surface area contributed by atoms with Gasteiger partial charge >= 0.3 is 5.97 Å². The second kappa shape index (κ2) is 10.2. The molecule has 0 saturated carbocycles. The van der Waals surface area contributed by atoms with Crippen LogP contribution in [-0.4, -0.2) is 33.4 Å². The Morgan fingerprint density at radius 2 is 1.71 bits per heavy atom. The molecule has 3 aromatic rings. The summed E-state index contributed by atoms with van der Waals surface area (Å²) >= 11 is 0. The van der Waals surface area contributed by atoms with Crippen molar-refractivity contribution in [1.82, 2.24) is 0 Å². The number of rotatable bonds is 7. The number of sulfonamides is 1. The number of nitriles is 1. The predicted octanol–water partition coefficient (Wildman–Crippen LogP) is 3.88. The molecule has 1 atom stereocenters. The molecule has 0 saturated heterocycles. The number of benzene rings is 3. The third-order valence-corrected chi connectivity index (χ3v) is 6.87. The molecule has 0 radical (unpaired) electrons. The first kappa shape index (κ1) is 24.5. The smallest absolute Gasteiger partial charge is 0.338 e. The molecule has 0 aliphatic carbocycles. The van der Waals surface area contributed by atoms with E-state index in [0.717, 1.165) is 9.87 Å². The van der Waals surface area contributed by atoms with E-state index < -0.39 is 28.0 Å². The zero-order valence-corrected chi connectivity index (χ0v) is 19.7. The zero-order chi connectivity index (χ0) is 24.9. The van der Waals surface area contributed by atoms with Gasteiger partial charge in [0.05, 0.1) is 27.4 Å². The number of ether oxygens (including phenoxy) is 1. The lowest BCUT2D eigenvalue weighted by Gasteiger charge is -2.20. The third kappa shape index (κ3) is 5.42. The summed E-state index contributed by atoms with van der Waals surface area (Å²) in [7, 11) is -2.51. The number of esters is 1. The Bertz CT molecular complexity index is 1360. The van der Waals surface area contributed by atoms with Gasteiger partial charge in [-0.1, -0.05) is 35.9 Å². The fourth-order valence-corrected chi connectivity index (χ4v) is 4.28. The van der Waals surface area contributed by atoms with E-state index >= 15 is 0 Å². The molecule has 0 heterocycles. The highest BCUT2D eigenvalue weighted by atomic mass is 32.2. The van der Waals surface area contributed by atoms with Gasteiger partial charge in [0.15, 0.2) is 6.10 Å². The molecular weight excluding hydrogens is 454 g/mol. The van der Waals surface area contributed by atoms with E-state index in [1.54, 1.807) is 48.5 Å². The zero-order valence-electron chi connectivity index (χ0n) is 18.8. The highest BCUT2D eigenvalue weighted by molar-refractivity contribution is 7.92. The van der Waals surface area contributed by atoms with Gasteiger partial charge < -0.3 is 10.1 Å². The number of hydrogen-bond donors (Lipinski definition) is 1. The van der Waals surface area contributed by atoms with Crippen LogP contribution in [0.1, 0.15) is 28.4 Å². The lowest BCUT2D eigenvalue weighted by atomic mass is 10.2. The number of carbonyl (C=O) groups is 2. The fourth-order valence-electron chi connectivity index (χ4n) is 3.04. The first-order valence-corrected chi connectivity index (χ1v) is 11.7. The molecule has 0 bridgehead atoms. The van der Waals surface area contributed by atoms with Gasteiger partial charge in [0.25, 0.3) is 15.9 Å². The molecule has 174 valence electrons. The molecule has 0 spiro atoms. The molecule has 1 amide bonds. The number of para-hydroxylation sites is 1. The van der Waals surface area contributed by atoms with E-state index in [2.05, 4.69) is 5.32 Å². The SMILES string of the molecule is Cc1ccc(N(C)S(=O)(=O)c2cccc(C(=O)OC(C)C(=O)Nc3ccccc3C#N)c2)cc1. The van der Waals surface area contributed by atoms with Crippen LogP contribution in [0.5, 0.6) is 0 Å². The Morgan fingerprint density at radius 3 is 2.38 bits per heavy atom. The Hall–Kier alpha value is -4.16. The largest absolute Gasteiger partial charge is 0.449 e. The van der Waals surface area contributed by atoms with E-state index in [9.17, 15) is 18.0 Å². The van der Waals surface area contributed by atoms with Crippen LogP contribution >= 0.6 is 0 Å². The van der Waals surface area contributed by atoms with Crippen LogP contribution in [0.4, 0.5) is 11.4 Å². The maximum Gasteiger partial charge on any atom is 0.338 e. The molecule has 3 aromatic carbocycles. The normalized spacial score (nSPS) is 11.7. The summed E-state index contributed by atoms with van der Waals surface area (Å²) in [5, 5.41) is 11.7. The minimum absolute atomic E-state index is 0.0181. The van der Waals surface area contributed by atoms with Crippen LogP contribution in [0.15, 0.2) is 77.7 Å². The lowest BCUT2D eigenvalue weighted by Crippen LogP contribution is -2.30. The standard InChI is InChI=1S/C25H23N3O5S/c1-17-11-13-21(14-12-17)28(3)34(31,32)22-9-6-8-19(15-22)25(30)33-18(2)24(29)27-23-10-5-4-7-20(23)16-26/h4-15,18H,1-3H3,(H,27,29). The van der Waals surface area contributed by atoms with Crippen molar-refractivity contribution in [2.24, 2.45) is 0 Å². The first-order valence-electron chi connectivity index (χ1n) is 10.3. The molecule has 1 unspecified atom stereocenters. The number of nitrogens with one attached hydrogen (secondary N) is 1. The molecule has 34 heavy (non-hydrogen) atoms. The summed E-state index contributed by atoms with van der Waals surface area (Å²) in [6.45, 7) is 3.28.